The molecular weight excluding hydrogens is 302 g/mol. The van der Waals surface area contributed by atoms with Gasteiger partial charge in [-0.3, -0.25) is 20.4 Å². The monoisotopic (exact) mass is 317 g/mol. The van der Waals surface area contributed by atoms with Crippen LogP contribution in [0.3, 0.4) is 0 Å². The number of methoxy groups -OCH3 is 1. The van der Waals surface area contributed by atoms with Crippen LogP contribution in [0.5, 0.6) is 5.75 Å². The lowest BCUT2D eigenvalue weighted by molar-refractivity contribution is -0.145. The second-order valence-corrected chi connectivity index (χ2v) is 4.25. The van der Waals surface area contributed by atoms with Gasteiger partial charge in [-0.1, -0.05) is 12.1 Å². The Kier molecular flexibility index (Phi) is 6.81. The van der Waals surface area contributed by atoms with Gasteiger partial charge in [0.2, 0.25) is 5.91 Å². The molecule has 0 aromatic heterocycles. The number of amides is 2. The molecule has 2 N–H and O–H groups in total. The van der Waals surface area contributed by atoms with E-state index in [4.69, 9.17) is 10.00 Å². The van der Waals surface area contributed by atoms with Crippen LogP contribution in [0.25, 0.3) is 6.08 Å². The highest BCUT2D eigenvalue weighted by molar-refractivity contribution is 5.98. The molecule has 0 aliphatic rings. The summed E-state index contributed by atoms with van der Waals surface area (Å²) in [6.07, 6.45) is 1.33. The normalized spacial score (nSPS) is 10.2. The van der Waals surface area contributed by atoms with E-state index in [-0.39, 0.29) is 5.57 Å². The Hall–Kier alpha value is -3.34. The Labute approximate surface area is 132 Å². The number of rotatable bonds is 5. The minimum atomic E-state index is -0.943. The van der Waals surface area contributed by atoms with E-state index in [0.717, 1.165) is 0 Å². The van der Waals surface area contributed by atoms with Gasteiger partial charge in [0.1, 0.15) is 17.4 Å². The van der Waals surface area contributed by atoms with Gasteiger partial charge >= 0.3 is 5.97 Å². The molecule has 0 radical (unpaired) electrons. The molecule has 0 atom stereocenters. The molecule has 0 aliphatic heterocycles. The molecule has 1 aromatic carbocycles. The first-order chi connectivity index (χ1) is 11.0. The molecule has 0 fully saturated rings. The fourth-order valence-corrected chi connectivity index (χ4v) is 1.41. The highest BCUT2D eigenvalue weighted by Crippen LogP contribution is 2.14. The fourth-order valence-electron chi connectivity index (χ4n) is 1.41. The van der Waals surface area contributed by atoms with Crippen LogP contribution in [0.1, 0.15) is 12.5 Å². The minimum Gasteiger partial charge on any atom is -0.497 e. The Morgan fingerprint density at radius 3 is 2.39 bits per heavy atom. The number of carbonyl (C=O) groups is 3. The molecule has 8 heteroatoms. The lowest BCUT2D eigenvalue weighted by Gasteiger charge is -2.06. The maximum absolute atomic E-state index is 11.7. The molecule has 0 unspecified atom stereocenters. The van der Waals surface area contributed by atoms with Gasteiger partial charge in [0, 0.05) is 6.92 Å². The maximum atomic E-state index is 11.7. The lowest BCUT2D eigenvalue weighted by atomic mass is 10.1. The molecule has 0 aliphatic carbocycles. The van der Waals surface area contributed by atoms with E-state index >= 15 is 0 Å². The summed E-state index contributed by atoms with van der Waals surface area (Å²) < 4.78 is 9.69. The number of benzene rings is 1. The van der Waals surface area contributed by atoms with Crippen LogP contribution in [0.2, 0.25) is 0 Å². The van der Waals surface area contributed by atoms with Gasteiger partial charge in [-0.2, -0.15) is 5.26 Å². The van der Waals surface area contributed by atoms with E-state index in [0.29, 0.717) is 11.3 Å². The summed E-state index contributed by atoms with van der Waals surface area (Å²) in [5.41, 5.74) is 4.40. The smallest absolute Gasteiger partial charge is 0.349 e. The van der Waals surface area contributed by atoms with Crippen molar-refractivity contribution < 1.29 is 23.9 Å². The van der Waals surface area contributed by atoms with Gasteiger partial charge < -0.3 is 9.47 Å². The highest BCUT2D eigenvalue weighted by atomic mass is 16.5. The Morgan fingerprint density at radius 2 is 1.87 bits per heavy atom. The van der Waals surface area contributed by atoms with E-state index in [9.17, 15) is 14.4 Å². The van der Waals surface area contributed by atoms with Gasteiger partial charge in [-0.25, -0.2) is 4.79 Å². The third-order valence-corrected chi connectivity index (χ3v) is 2.48. The van der Waals surface area contributed by atoms with Gasteiger partial charge in [-0.15, -0.1) is 0 Å². The molecule has 1 rings (SSSR count). The SMILES string of the molecule is COc1ccc(/C=C(\C#N)C(=O)OCC(=O)NNC(C)=O)cc1. The van der Waals surface area contributed by atoms with Crippen LogP contribution in [-0.2, 0) is 19.1 Å². The summed E-state index contributed by atoms with van der Waals surface area (Å²) in [6.45, 7) is 0.582. The lowest BCUT2D eigenvalue weighted by Crippen LogP contribution is -2.42. The highest BCUT2D eigenvalue weighted by Gasteiger charge is 2.13. The third kappa shape index (κ3) is 6.31. The molecule has 0 spiro atoms. The maximum Gasteiger partial charge on any atom is 0.349 e. The van der Waals surface area contributed by atoms with Crippen molar-refractivity contribution >= 4 is 23.9 Å². The largest absolute Gasteiger partial charge is 0.497 e. The fraction of sp³-hybridized carbons (Fsp3) is 0.200. The number of esters is 1. The van der Waals surface area contributed by atoms with Crippen molar-refractivity contribution in [3.63, 3.8) is 0 Å². The minimum absolute atomic E-state index is 0.262. The Balaban J connectivity index is 2.64. The molecule has 2 amide bonds. The van der Waals surface area contributed by atoms with E-state index in [1.807, 2.05) is 10.9 Å². The van der Waals surface area contributed by atoms with Crippen molar-refractivity contribution in [1.82, 2.24) is 10.9 Å². The number of carbonyl (C=O) groups excluding carboxylic acids is 3. The van der Waals surface area contributed by atoms with Crippen LogP contribution in [0, 0.1) is 11.3 Å². The standard InChI is InChI=1S/C15H15N3O5/c1-10(19)17-18-14(20)9-23-15(21)12(8-16)7-11-3-5-13(22-2)6-4-11/h3-7H,9H2,1-2H3,(H,17,19)(H,18,20)/b12-7+. The molecule has 0 bridgehead atoms. The third-order valence-electron chi connectivity index (χ3n) is 2.48. The summed E-state index contributed by atoms with van der Waals surface area (Å²) in [5, 5.41) is 9.00. The number of ether oxygens (including phenoxy) is 2. The van der Waals surface area contributed by atoms with Crippen molar-refractivity contribution in [2.75, 3.05) is 13.7 Å². The number of nitriles is 1. The molecule has 0 saturated carbocycles. The number of nitrogens with one attached hydrogen (secondary N) is 2. The molecule has 0 heterocycles. The molecule has 8 nitrogen and oxygen atoms in total. The number of hydrogen-bond donors (Lipinski definition) is 2. The van der Waals surface area contributed by atoms with Crippen molar-refractivity contribution in [3.05, 3.63) is 35.4 Å². The van der Waals surface area contributed by atoms with E-state index < -0.39 is 24.4 Å². The molecule has 1 aromatic rings. The first kappa shape index (κ1) is 17.7. The average Bonchev–Trinajstić information content (AvgIpc) is 2.56. The summed E-state index contributed by atoms with van der Waals surface area (Å²) in [6, 6.07) is 8.37. The summed E-state index contributed by atoms with van der Waals surface area (Å²) >= 11 is 0. The number of hydrogen-bond acceptors (Lipinski definition) is 6. The van der Waals surface area contributed by atoms with Crippen molar-refractivity contribution in [2.24, 2.45) is 0 Å². The van der Waals surface area contributed by atoms with Gasteiger partial charge in [-0.05, 0) is 23.8 Å². The van der Waals surface area contributed by atoms with Gasteiger partial charge in [0.15, 0.2) is 6.61 Å². The second kappa shape index (κ2) is 8.84. The Morgan fingerprint density at radius 1 is 1.22 bits per heavy atom. The van der Waals surface area contributed by atoms with Gasteiger partial charge in [0.05, 0.1) is 7.11 Å². The first-order valence-corrected chi connectivity index (χ1v) is 6.44. The number of hydrazine groups is 1. The van der Waals surface area contributed by atoms with Crippen molar-refractivity contribution in [3.8, 4) is 11.8 Å². The molecule has 120 valence electrons. The molecule has 0 saturated heterocycles. The first-order valence-electron chi connectivity index (χ1n) is 6.44. The predicted molar refractivity (Wildman–Crippen MR) is 79.5 cm³/mol. The topological polar surface area (TPSA) is 118 Å². The van der Waals surface area contributed by atoms with Crippen LogP contribution < -0.4 is 15.6 Å². The van der Waals surface area contributed by atoms with Crippen LogP contribution in [0.15, 0.2) is 29.8 Å². The molecule has 23 heavy (non-hydrogen) atoms. The summed E-state index contributed by atoms with van der Waals surface area (Å²) in [5.74, 6) is -1.50. The van der Waals surface area contributed by atoms with Crippen molar-refractivity contribution in [1.29, 1.82) is 5.26 Å². The van der Waals surface area contributed by atoms with E-state index in [1.165, 1.54) is 20.1 Å². The van der Waals surface area contributed by atoms with Crippen LogP contribution in [-0.4, -0.2) is 31.5 Å². The second-order valence-electron chi connectivity index (χ2n) is 4.25. The van der Waals surface area contributed by atoms with Gasteiger partial charge in [0.25, 0.3) is 5.91 Å². The zero-order valence-corrected chi connectivity index (χ0v) is 12.6. The Bertz CT molecular complexity index is 659. The predicted octanol–water partition coefficient (Wildman–Crippen LogP) is 0.313. The van der Waals surface area contributed by atoms with Crippen LogP contribution >= 0.6 is 0 Å². The number of nitrogens with zero attached hydrogens (tertiary/aromatic N) is 1. The average molecular weight is 317 g/mol. The van der Waals surface area contributed by atoms with E-state index in [2.05, 4.69) is 4.74 Å². The zero-order valence-electron chi connectivity index (χ0n) is 12.6. The van der Waals surface area contributed by atoms with Crippen molar-refractivity contribution in [2.45, 2.75) is 6.92 Å². The molecular formula is C15H15N3O5. The van der Waals surface area contributed by atoms with Crippen LogP contribution in [0.4, 0.5) is 0 Å². The zero-order chi connectivity index (χ0) is 17.2. The van der Waals surface area contributed by atoms with E-state index in [1.54, 1.807) is 30.3 Å². The quantitative estimate of drug-likeness (QED) is 0.349. The summed E-state index contributed by atoms with van der Waals surface area (Å²) in [7, 11) is 1.52. The summed E-state index contributed by atoms with van der Waals surface area (Å²) in [4.78, 5) is 33.6.